The van der Waals surface area contributed by atoms with Crippen LogP contribution in [0.1, 0.15) is 0 Å². The first-order chi connectivity index (χ1) is 9.16. The number of nitrogens with zero attached hydrogens (tertiary/aromatic N) is 1. The number of hydrogen-bond donors (Lipinski definition) is 1. The number of amides is 1. The van der Waals surface area contributed by atoms with E-state index in [9.17, 15) is 14.9 Å². The van der Waals surface area contributed by atoms with Gasteiger partial charge < -0.3 is 4.74 Å². The number of nitrogens with one attached hydrogen (secondary N) is 1. The van der Waals surface area contributed by atoms with Gasteiger partial charge >= 0.3 is 6.09 Å². The van der Waals surface area contributed by atoms with Gasteiger partial charge in [-0.1, -0.05) is 30.3 Å². The van der Waals surface area contributed by atoms with Crippen molar-refractivity contribution >= 4 is 17.5 Å². The van der Waals surface area contributed by atoms with Crippen molar-refractivity contribution in [2.24, 2.45) is 0 Å². The van der Waals surface area contributed by atoms with Gasteiger partial charge in [0, 0.05) is 6.07 Å². The third kappa shape index (κ3) is 3.29. The van der Waals surface area contributed by atoms with E-state index in [0.29, 0.717) is 5.75 Å². The van der Waals surface area contributed by atoms with E-state index in [0.717, 1.165) is 0 Å². The zero-order valence-electron chi connectivity index (χ0n) is 9.78. The fourth-order valence-corrected chi connectivity index (χ4v) is 1.47. The van der Waals surface area contributed by atoms with Gasteiger partial charge in [-0.15, -0.1) is 0 Å². The van der Waals surface area contributed by atoms with Crippen LogP contribution >= 0.6 is 0 Å². The van der Waals surface area contributed by atoms with E-state index < -0.39 is 11.0 Å². The molecule has 0 heterocycles. The number of para-hydroxylation sites is 3. The highest BCUT2D eigenvalue weighted by Gasteiger charge is 2.15. The Hall–Kier alpha value is -2.89. The molecule has 0 atom stereocenters. The number of anilines is 1. The van der Waals surface area contributed by atoms with Gasteiger partial charge in [0.25, 0.3) is 5.69 Å². The third-order valence-corrected chi connectivity index (χ3v) is 2.29. The van der Waals surface area contributed by atoms with E-state index >= 15 is 0 Å². The Morgan fingerprint density at radius 2 is 1.68 bits per heavy atom. The Labute approximate surface area is 108 Å². The highest BCUT2D eigenvalue weighted by atomic mass is 16.6. The smallest absolute Gasteiger partial charge is 0.410 e. The summed E-state index contributed by atoms with van der Waals surface area (Å²) in [6.07, 6.45) is -0.777. The fourth-order valence-electron chi connectivity index (χ4n) is 1.47. The van der Waals surface area contributed by atoms with Gasteiger partial charge in [0.15, 0.2) is 0 Å². The Bertz CT molecular complexity index is 599. The second kappa shape index (κ2) is 5.63. The highest BCUT2D eigenvalue weighted by molar-refractivity contribution is 5.89. The molecule has 1 N–H and O–H groups in total. The quantitative estimate of drug-likeness (QED) is 0.677. The molecule has 19 heavy (non-hydrogen) atoms. The van der Waals surface area contributed by atoms with E-state index in [1.807, 2.05) is 0 Å². The maximum atomic E-state index is 11.6. The van der Waals surface area contributed by atoms with Gasteiger partial charge in [0.05, 0.1) is 4.92 Å². The van der Waals surface area contributed by atoms with Crippen LogP contribution in [-0.2, 0) is 0 Å². The molecular formula is C13H10N2O4. The van der Waals surface area contributed by atoms with Crippen molar-refractivity contribution in [3.63, 3.8) is 0 Å². The van der Waals surface area contributed by atoms with Crippen molar-refractivity contribution < 1.29 is 14.5 Å². The number of nitro groups is 1. The lowest BCUT2D eigenvalue weighted by Gasteiger charge is -2.06. The molecule has 0 fully saturated rings. The van der Waals surface area contributed by atoms with Gasteiger partial charge in [-0.05, 0) is 18.2 Å². The molecule has 0 aliphatic carbocycles. The SMILES string of the molecule is O=C(Nc1ccccc1[N+](=O)[O-])Oc1ccccc1. The minimum atomic E-state index is -0.777. The summed E-state index contributed by atoms with van der Waals surface area (Å²) in [5.41, 5.74) is -0.0963. The molecule has 6 heteroatoms. The maximum absolute atomic E-state index is 11.6. The van der Waals surface area contributed by atoms with Crippen LogP contribution in [-0.4, -0.2) is 11.0 Å². The second-order valence-corrected chi connectivity index (χ2v) is 3.60. The van der Waals surface area contributed by atoms with Gasteiger partial charge in [0.2, 0.25) is 0 Å². The zero-order valence-corrected chi connectivity index (χ0v) is 9.78. The summed E-state index contributed by atoms with van der Waals surface area (Å²) < 4.78 is 4.98. The molecule has 1 amide bonds. The molecule has 0 aromatic heterocycles. The molecule has 96 valence electrons. The van der Waals surface area contributed by atoms with Crippen LogP contribution in [0.4, 0.5) is 16.2 Å². The van der Waals surface area contributed by atoms with Crippen molar-refractivity contribution in [3.05, 3.63) is 64.7 Å². The van der Waals surface area contributed by atoms with E-state index in [4.69, 9.17) is 4.74 Å². The zero-order chi connectivity index (χ0) is 13.7. The maximum Gasteiger partial charge on any atom is 0.417 e. The van der Waals surface area contributed by atoms with Crippen LogP contribution in [0.5, 0.6) is 5.75 Å². The first-order valence-electron chi connectivity index (χ1n) is 5.44. The minimum Gasteiger partial charge on any atom is -0.410 e. The summed E-state index contributed by atoms with van der Waals surface area (Å²) in [6, 6.07) is 14.3. The Kier molecular flexibility index (Phi) is 3.72. The van der Waals surface area contributed by atoms with Gasteiger partial charge in [-0.3, -0.25) is 15.4 Å². The predicted molar refractivity (Wildman–Crippen MR) is 69.2 cm³/mol. The average Bonchev–Trinajstić information content (AvgIpc) is 2.40. The standard InChI is InChI=1S/C13H10N2O4/c16-13(19-10-6-2-1-3-7-10)14-11-8-4-5-9-12(11)15(17)18/h1-9H,(H,14,16). The Balaban J connectivity index is 2.09. The lowest BCUT2D eigenvalue weighted by Crippen LogP contribution is -2.17. The largest absolute Gasteiger partial charge is 0.417 e. The van der Waals surface area contributed by atoms with E-state index in [2.05, 4.69) is 5.32 Å². The minimum absolute atomic E-state index is 0.0911. The molecule has 0 saturated heterocycles. The molecule has 2 rings (SSSR count). The number of nitro benzene ring substituents is 1. The summed E-state index contributed by atoms with van der Waals surface area (Å²) in [5, 5.41) is 13.1. The molecule has 0 bridgehead atoms. The summed E-state index contributed by atoms with van der Waals surface area (Å²) in [7, 11) is 0. The van der Waals surface area contributed by atoms with Gasteiger partial charge in [-0.25, -0.2) is 4.79 Å². The average molecular weight is 258 g/mol. The molecule has 2 aromatic carbocycles. The molecule has 0 aliphatic heterocycles. The molecular weight excluding hydrogens is 248 g/mol. The number of benzene rings is 2. The molecule has 0 saturated carbocycles. The van der Waals surface area contributed by atoms with E-state index in [1.165, 1.54) is 18.2 Å². The van der Waals surface area contributed by atoms with E-state index in [1.54, 1.807) is 36.4 Å². The number of rotatable bonds is 3. The summed E-state index contributed by atoms with van der Waals surface area (Å²) in [6.45, 7) is 0. The molecule has 0 spiro atoms. The second-order valence-electron chi connectivity index (χ2n) is 3.60. The molecule has 6 nitrogen and oxygen atoms in total. The summed E-state index contributed by atoms with van der Waals surface area (Å²) in [5.74, 6) is 0.360. The lowest BCUT2D eigenvalue weighted by atomic mass is 10.3. The van der Waals surface area contributed by atoms with Crippen molar-refractivity contribution in [2.75, 3.05) is 5.32 Å². The lowest BCUT2D eigenvalue weighted by molar-refractivity contribution is -0.383. The van der Waals surface area contributed by atoms with Crippen LogP contribution in [0, 0.1) is 10.1 Å². The molecule has 0 unspecified atom stereocenters. The van der Waals surface area contributed by atoms with Crippen molar-refractivity contribution in [1.29, 1.82) is 0 Å². The third-order valence-electron chi connectivity index (χ3n) is 2.29. The summed E-state index contributed by atoms with van der Waals surface area (Å²) in [4.78, 5) is 21.8. The van der Waals surface area contributed by atoms with Crippen molar-refractivity contribution in [2.45, 2.75) is 0 Å². The summed E-state index contributed by atoms with van der Waals surface area (Å²) >= 11 is 0. The van der Waals surface area contributed by atoms with E-state index in [-0.39, 0.29) is 11.4 Å². The fraction of sp³-hybridized carbons (Fsp3) is 0. The Morgan fingerprint density at radius 3 is 2.37 bits per heavy atom. The van der Waals surface area contributed by atoms with Gasteiger partial charge in [-0.2, -0.15) is 0 Å². The number of carbonyl (C=O) groups excluding carboxylic acids is 1. The predicted octanol–water partition coefficient (Wildman–Crippen LogP) is 3.21. The Morgan fingerprint density at radius 1 is 1.05 bits per heavy atom. The van der Waals surface area contributed by atoms with Crippen molar-refractivity contribution in [3.8, 4) is 5.75 Å². The highest BCUT2D eigenvalue weighted by Crippen LogP contribution is 2.23. The van der Waals surface area contributed by atoms with Crippen molar-refractivity contribution in [1.82, 2.24) is 0 Å². The van der Waals surface area contributed by atoms with Gasteiger partial charge in [0.1, 0.15) is 11.4 Å². The molecule has 0 radical (unpaired) electrons. The monoisotopic (exact) mass is 258 g/mol. The number of ether oxygens (including phenoxy) is 1. The first kappa shape index (κ1) is 12.6. The first-order valence-corrected chi connectivity index (χ1v) is 5.44. The topological polar surface area (TPSA) is 81.5 Å². The van der Waals surface area contributed by atoms with Crippen LogP contribution in [0.15, 0.2) is 54.6 Å². The molecule has 2 aromatic rings. The van der Waals surface area contributed by atoms with Crippen LogP contribution < -0.4 is 10.1 Å². The molecule has 0 aliphatic rings. The van der Waals surface area contributed by atoms with Crippen LogP contribution in [0.3, 0.4) is 0 Å². The number of hydrogen-bond acceptors (Lipinski definition) is 4. The van der Waals surface area contributed by atoms with Crippen LogP contribution in [0.2, 0.25) is 0 Å². The number of carbonyl (C=O) groups is 1. The van der Waals surface area contributed by atoms with Crippen LogP contribution in [0.25, 0.3) is 0 Å². The normalized spacial score (nSPS) is 9.68.